The molecule has 0 radical (unpaired) electrons. The third-order valence-corrected chi connectivity index (χ3v) is 6.99. The molecular formula is C19H17ClFN3O2S2. The van der Waals surface area contributed by atoms with Crippen LogP contribution in [0.2, 0.25) is 5.02 Å². The number of hydrogen-bond acceptors (Lipinski definition) is 5. The number of aromatic nitrogens is 2. The van der Waals surface area contributed by atoms with E-state index in [9.17, 15) is 14.0 Å². The van der Waals surface area contributed by atoms with E-state index in [0.29, 0.717) is 17.3 Å². The minimum Gasteiger partial charge on any atom is -0.325 e. The number of carbonyl (C=O) groups excluding carboxylic acids is 1. The smallest absolute Gasteiger partial charge is 0.259 e. The van der Waals surface area contributed by atoms with Crippen LogP contribution in [0, 0.1) is 5.82 Å². The minimum atomic E-state index is -0.583. The number of H-pyrrole nitrogens is 1. The summed E-state index contributed by atoms with van der Waals surface area (Å²) in [6.45, 7) is 0. The molecule has 1 aliphatic rings. The quantitative estimate of drug-likeness (QED) is 0.615. The minimum absolute atomic E-state index is 0.00746. The van der Waals surface area contributed by atoms with Crippen molar-refractivity contribution in [2.24, 2.45) is 0 Å². The lowest BCUT2D eigenvalue weighted by molar-refractivity contribution is -0.113. The maximum Gasteiger partial charge on any atom is 0.259 e. The summed E-state index contributed by atoms with van der Waals surface area (Å²) < 4.78 is 13.4. The number of fused-ring (bicyclic) bond motifs is 3. The van der Waals surface area contributed by atoms with Gasteiger partial charge in [-0.25, -0.2) is 9.37 Å². The van der Waals surface area contributed by atoms with Crippen molar-refractivity contribution in [3.05, 3.63) is 55.7 Å². The molecule has 0 aliphatic heterocycles. The van der Waals surface area contributed by atoms with Crippen molar-refractivity contribution in [3.63, 3.8) is 0 Å². The van der Waals surface area contributed by atoms with E-state index in [1.54, 1.807) is 17.4 Å². The molecule has 0 bridgehead atoms. The zero-order valence-electron chi connectivity index (χ0n) is 14.8. The van der Waals surface area contributed by atoms with Crippen LogP contribution in [0.25, 0.3) is 10.2 Å². The van der Waals surface area contributed by atoms with Crippen LogP contribution in [0.1, 0.15) is 29.1 Å². The van der Waals surface area contributed by atoms with Crippen LogP contribution in [-0.4, -0.2) is 21.6 Å². The number of aryl methyl sites for hydroxylation is 2. The Labute approximate surface area is 173 Å². The van der Waals surface area contributed by atoms with E-state index >= 15 is 0 Å². The maximum absolute atomic E-state index is 13.4. The summed E-state index contributed by atoms with van der Waals surface area (Å²) in [5.74, 6) is 0.289. The molecule has 28 heavy (non-hydrogen) atoms. The highest BCUT2D eigenvalue weighted by atomic mass is 35.5. The summed E-state index contributed by atoms with van der Waals surface area (Å²) in [5.41, 5.74) is 1.42. The van der Waals surface area contributed by atoms with Gasteiger partial charge in [-0.15, -0.1) is 23.1 Å². The van der Waals surface area contributed by atoms with Gasteiger partial charge in [-0.3, -0.25) is 9.59 Å². The fraction of sp³-hybridized carbons (Fsp3) is 0.316. The largest absolute Gasteiger partial charge is 0.325 e. The van der Waals surface area contributed by atoms with Crippen molar-refractivity contribution in [1.29, 1.82) is 0 Å². The van der Waals surface area contributed by atoms with Crippen LogP contribution in [-0.2, 0) is 23.4 Å². The number of nitrogens with zero attached hydrogens (tertiary/aromatic N) is 1. The van der Waals surface area contributed by atoms with Gasteiger partial charge in [0.05, 0.1) is 21.9 Å². The topological polar surface area (TPSA) is 74.8 Å². The molecule has 0 atom stereocenters. The molecule has 0 spiro atoms. The number of anilines is 1. The average Bonchev–Trinajstić information content (AvgIpc) is 3.03. The van der Waals surface area contributed by atoms with Crippen molar-refractivity contribution >= 4 is 56.5 Å². The second kappa shape index (κ2) is 8.23. The number of nitrogens with one attached hydrogen (secondary N) is 2. The first-order chi connectivity index (χ1) is 13.5. The van der Waals surface area contributed by atoms with Gasteiger partial charge in [0.1, 0.15) is 16.5 Å². The SMILES string of the molecule is O=C(CSCc1nc2sc3c(c2c(=O)[nH]1)CCCC3)Nc1ccc(Cl)c(F)c1. The van der Waals surface area contributed by atoms with Crippen LogP contribution >= 0.6 is 34.7 Å². The molecule has 2 heterocycles. The monoisotopic (exact) mass is 437 g/mol. The third kappa shape index (κ3) is 4.09. The first kappa shape index (κ1) is 19.4. The fourth-order valence-electron chi connectivity index (χ4n) is 3.29. The number of hydrogen-bond donors (Lipinski definition) is 2. The molecule has 1 aliphatic carbocycles. The lowest BCUT2D eigenvalue weighted by Crippen LogP contribution is -2.15. The van der Waals surface area contributed by atoms with Crippen molar-refractivity contribution in [3.8, 4) is 0 Å². The highest BCUT2D eigenvalue weighted by Gasteiger charge is 2.19. The number of thiophene rings is 1. The van der Waals surface area contributed by atoms with Crippen molar-refractivity contribution in [2.45, 2.75) is 31.4 Å². The van der Waals surface area contributed by atoms with E-state index in [1.807, 2.05) is 0 Å². The molecule has 0 saturated heterocycles. The summed E-state index contributed by atoms with van der Waals surface area (Å²) in [4.78, 5) is 34.0. The van der Waals surface area contributed by atoms with E-state index in [2.05, 4.69) is 15.3 Å². The predicted molar refractivity (Wildman–Crippen MR) is 113 cm³/mol. The molecule has 1 aromatic carbocycles. The summed E-state index contributed by atoms with van der Waals surface area (Å²) >= 11 is 8.57. The molecule has 0 unspecified atom stereocenters. The summed E-state index contributed by atoms with van der Waals surface area (Å²) in [6.07, 6.45) is 4.24. The van der Waals surface area contributed by atoms with Crippen LogP contribution < -0.4 is 10.9 Å². The normalized spacial score (nSPS) is 13.5. The highest BCUT2D eigenvalue weighted by molar-refractivity contribution is 7.99. The lowest BCUT2D eigenvalue weighted by atomic mass is 9.97. The first-order valence-electron chi connectivity index (χ1n) is 8.87. The Morgan fingerprint density at radius 1 is 1.36 bits per heavy atom. The van der Waals surface area contributed by atoms with Crippen LogP contribution in [0.3, 0.4) is 0 Å². The molecule has 3 aromatic rings. The van der Waals surface area contributed by atoms with Gasteiger partial charge in [-0.2, -0.15) is 0 Å². The van der Waals surface area contributed by atoms with Gasteiger partial charge in [0.15, 0.2) is 0 Å². The van der Waals surface area contributed by atoms with Gasteiger partial charge in [-0.1, -0.05) is 11.6 Å². The van der Waals surface area contributed by atoms with Crippen LogP contribution in [0.4, 0.5) is 10.1 Å². The number of halogens is 2. The van der Waals surface area contributed by atoms with E-state index < -0.39 is 5.82 Å². The van der Waals surface area contributed by atoms with Crippen molar-refractivity contribution < 1.29 is 9.18 Å². The molecule has 146 valence electrons. The second-order valence-electron chi connectivity index (χ2n) is 6.57. The molecule has 0 fully saturated rings. The molecule has 0 saturated carbocycles. The van der Waals surface area contributed by atoms with Crippen molar-refractivity contribution in [2.75, 3.05) is 11.1 Å². The second-order valence-corrected chi connectivity index (χ2v) is 9.05. The number of thioether (sulfide) groups is 1. The zero-order valence-corrected chi connectivity index (χ0v) is 17.2. The van der Waals surface area contributed by atoms with Crippen LogP contribution in [0.5, 0.6) is 0 Å². The Morgan fingerprint density at radius 2 is 2.18 bits per heavy atom. The summed E-state index contributed by atoms with van der Waals surface area (Å²) in [6, 6.07) is 4.11. The zero-order chi connectivity index (χ0) is 19.7. The predicted octanol–water partition coefficient (Wildman–Crippen LogP) is 4.53. The van der Waals surface area contributed by atoms with E-state index in [1.165, 1.54) is 28.8 Å². The van der Waals surface area contributed by atoms with Gasteiger partial charge in [0.25, 0.3) is 5.56 Å². The highest BCUT2D eigenvalue weighted by Crippen LogP contribution is 2.33. The number of amides is 1. The maximum atomic E-state index is 13.4. The van der Waals surface area contributed by atoms with E-state index in [0.717, 1.165) is 41.5 Å². The number of aromatic amines is 1. The van der Waals surface area contributed by atoms with Crippen LogP contribution in [0.15, 0.2) is 23.0 Å². The Morgan fingerprint density at radius 3 is 3.00 bits per heavy atom. The van der Waals surface area contributed by atoms with Crippen molar-refractivity contribution in [1.82, 2.24) is 9.97 Å². The Kier molecular flexibility index (Phi) is 5.70. The summed E-state index contributed by atoms with van der Waals surface area (Å²) in [5, 5.41) is 3.36. The third-order valence-electron chi connectivity index (χ3n) is 4.55. The molecule has 4 rings (SSSR count). The Bertz CT molecular complexity index is 1110. The lowest BCUT2D eigenvalue weighted by Gasteiger charge is -2.09. The Balaban J connectivity index is 1.39. The number of carbonyl (C=O) groups is 1. The standard InChI is InChI=1S/C19H17ClFN3O2S2/c20-12-6-5-10(7-13(12)21)22-16(25)9-27-8-15-23-18(26)17-11-3-1-2-4-14(11)28-19(17)24-15/h5-7H,1-4,8-9H2,(H,22,25)(H,23,24,26). The molecule has 5 nitrogen and oxygen atoms in total. The molecule has 2 aromatic heterocycles. The van der Waals surface area contributed by atoms with Gasteiger partial charge >= 0.3 is 0 Å². The van der Waals surface area contributed by atoms with E-state index in [4.69, 9.17) is 11.6 Å². The number of benzene rings is 1. The molecule has 1 amide bonds. The fourth-order valence-corrected chi connectivity index (χ4v) is 5.38. The molecule has 9 heteroatoms. The average molecular weight is 438 g/mol. The van der Waals surface area contributed by atoms with Gasteiger partial charge in [0.2, 0.25) is 5.91 Å². The number of rotatable bonds is 5. The van der Waals surface area contributed by atoms with Gasteiger partial charge < -0.3 is 10.3 Å². The molecular weight excluding hydrogens is 421 g/mol. The molecule has 2 N–H and O–H groups in total. The summed E-state index contributed by atoms with van der Waals surface area (Å²) in [7, 11) is 0. The van der Waals surface area contributed by atoms with E-state index in [-0.39, 0.29) is 22.2 Å². The first-order valence-corrected chi connectivity index (χ1v) is 11.2. The Hall–Kier alpha value is -1.90. The van der Waals surface area contributed by atoms with Gasteiger partial charge in [-0.05, 0) is 49.4 Å². The van der Waals surface area contributed by atoms with Gasteiger partial charge in [0, 0.05) is 10.6 Å².